The van der Waals surface area contributed by atoms with Crippen LogP contribution in [0.2, 0.25) is 0 Å². The maximum Gasteiger partial charge on any atom is 0.270 e. The third kappa shape index (κ3) is 3.91. The molecule has 30 heavy (non-hydrogen) atoms. The van der Waals surface area contributed by atoms with E-state index in [0.717, 1.165) is 23.1 Å². The van der Waals surface area contributed by atoms with Crippen LogP contribution in [0.1, 0.15) is 37.6 Å². The molecule has 3 amide bonds. The van der Waals surface area contributed by atoms with E-state index < -0.39 is 40.0 Å². The van der Waals surface area contributed by atoms with E-state index in [9.17, 15) is 28.9 Å². The van der Waals surface area contributed by atoms with Crippen LogP contribution >= 0.6 is 0 Å². The number of imide groups is 1. The molecule has 1 heterocycles. The molecule has 0 bridgehead atoms. The zero-order chi connectivity index (χ0) is 22.2. The number of nitro benzene ring substituents is 1. The Balaban J connectivity index is 1.98. The minimum Gasteiger partial charge on any atom is -0.321 e. The van der Waals surface area contributed by atoms with Gasteiger partial charge in [0, 0.05) is 23.2 Å². The van der Waals surface area contributed by atoms with Gasteiger partial charge < -0.3 is 4.90 Å². The van der Waals surface area contributed by atoms with Crippen molar-refractivity contribution in [3.05, 3.63) is 70.0 Å². The fourth-order valence-corrected chi connectivity index (χ4v) is 3.48. The van der Waals surface area contributed by atoms with Gasteiger partial charge in [-0.05, 0) is 51.1 Å². The summed E-state index contributed by atoms with van der Waals surface area (Å²) in [6.45, 7) is 5.13. The molecule has 0 saturated carbocycles. The Labute approximate surface area is 172 Å². The van der Waals surface area contributed by atoms with Crippen LogP contribution in [0.3, 0.4) is 0 Å². The lowest BCUT2D eigenvalue weighted by Gasteiger charge is -2.39. The van der Waals surface area contributed by atoms with Gasteiger partial charge in [-0.1, -0.05) is 6.07 Å². The molecule has 1 fully saturated rings. The molecule has 9 heteroatoms. The van der Waals surface area contributed by atoms with E-state index in [-0.39, 0.29) is 23.4 Å². The van der Waals surface area contributed by atoms with E-state index in [4.69, 9.17) is 0 Å². The largest absolute Gasteiger partial charge is 0.321 e. The molecule has 1 saturated heterocycles. The molecular formula is C21H20FN3O5. The summed E-state index contributed by atoms with van der Waals surface area (Å²) in [7, 11) is 0. The summed E-state index contributed by atoms with van der Waals surface area (Å²) < 4.78 is 13.2. The highest BCUT2D eigenvalue weighted by Gasteiger charge is 2.47. The topological polar surface area (TPSA) is 101 Å². The van der Waals surface area contributed by atoms with Gasteiger partial charge in [0.25, 0.3) is 17.5 Å². The number of hydrogen-bond donors (Lipinski definition) is 0. The number of carbonyl (C=O) groups is 3. The van der Waals surface area contributed by atoms with E-state index in [0.29, 0.717) is 0 Å². The van der Waals surface area contributed by atoms with Crippen LogP contribution < -0.4 is 4.90 Å². The second-order valence-electron chi connectivity index (χ2n) is 7.92. The molecule has 1 atom stereocenters. The van der Waals surface area contributed by atoms with E-state index in [1.807, 2.05) is 0 Å². The number of nitro groups is 1. The number of amides is 3. The van der Waals surface area contributed by atoms with Crippen LogP contribution in [0.25, 0.3) is 0 Å². The lowest BCUT2D eigenvalue weighted by molar-refractivity contribution is -0.384. The molecular weight excluding hydrogens is 393 g/mol. The summed E-state index contributed by atoms with van der Waals surface area (Å²) in [6, 6.07) is 9.03. The zero-order valence-electron chi connectivity index (χ0n) is 16.7. The second-order valence-corrected chi connectivity index (χ2v) is 7.92. The Hall–Kier alpha value is -3.62. The number of non-ortho nitro benzene ring substituents is 1. The molecule has 1 aliphatic heterocycles. The molecule has 0 aliphatic carbocycles. The lowest BCUT2D eigenvalue weighted by Crippen LogP contribution is -2.54. The van der Waals surface area contributed by atoms with Gasteiger partial charge in [-0.2, -0.15) is 0 Å². The molecule has 2 aromatic rings. The van der Waals surface area contributed by atoms with Crippen molar-refractivity contribution in [2.75, 3.05) is 4.90 Å². The third-order valence-electron chi connectivity index (χ3n) is 4.76. The molecule has 1 aliphatic rings. The Kier molecular flexibility index (Phi) is 5.39. The van der Waals surface area contributed by atoms with E-state index in [1.54, 1.807) is 20.8 Å². The van der Waals surface area contributed by atoms with Crippen molar-refractivity contribution >= 4 is 29.1 Å². The number of halogens is 1. The van der Waals surface area contributed by atoms with Crippen LogP contribution in [0.5, 0.6) is 0 Å². The van der Waals surface area contributed by atoms with Crippen LogP contribution in [-0.4, -0.2) is 39.1 Å². The maximum absolute atomic E-state index is 13.3. The first-order valence-electron chi connectivity index (χ1n) is 9.21. The van der Waals surface area contributed by atoms with Crippen molar-refractivity contribution in [2.45, 2.75) is 38.8 Å². The number of anilines is 1. The minimum atomic E-state index is -1.09. The van der Waals surface area contributed by atoms with Gasteiger partial charge in [-0.25, -0.2) is 9.29 Å². The summed E-state index contributed by atoms with van der Waals surface area (Å²) >= 11 is 0. The first kappa shape index (κ1) is 21.1. The number of carbonyl (C=O) groups excluding carboxylic acids is 3. The smallest absolute Gasteiger partial charge is 0.270 e. The average molecular weight is 413 g/mol. The Morgan fingerprint density at radius 2 is 1.80 bits per heavy atom. The van der Waals surface area contributed by atoms with Crippen molar-refractivity contribution in [3.63, 3.8) is 0 Å². The minimum absolute atomic E-state index is 0.0413. The Morgan fingerprint density at radius 3 is 2.37 bits per heavy atom. The van der Waals surface area contributed by atoms with E-state index >= 15 is 0 Å². The van der Waals surface area contributed by atoms with Gasteiger partial charge in [-0.3, -0.25) is 24.5 Å². The van der Waals surface area contributed by atoms with Crippen LogP contribution in [0.15, 0.2) is 48.5 Å². The van der Waals surface area contributed by atoms with Crippen molar-refractivity contribution < 1.29 is 23.7 Å². The van der Waals surface area contributed by atoms with Crippen molar-refractivity contribution in [1.29, 1.82) is 0 Å². The van der Waals surface area contributed by atoms with Gasteiger partial charge in [0.2, 0.25) is 5.91 Å². The molecule has 0 radical (unpaired) electrons. The number of rotatable bonds is 4. The van der Waals surface area contributed by atoms with Crippen molar-refractivity contribution in [1.82, 2.24) is 4.90 Å². The Bertz CT molecular complexity index is 1030. The normalized spacial score (nSPS) is 16.7. The summed E-state index contributed by atoms with van der Waals surface area (Å²) in [4.78, 5) is 51.6. The quantitative estimate of drug-likeness (QED) is 0.435. The molecule has 0 spiro atoms. The molecule has 8 nitrogen and oxygen atoms in total. The van der Waals surface area contributed by atoms with Gasteiger partial charge in [-0.15, -0.1) is 0 Å². The summed E-state index contributed by atoms with van der Waals surface area (Å²) in [5, 5.41) is 11.1. The van der Waals surface area contributed by atoms with Gasteiger partial charge in [0.1, 0.15) is 11.9 Å². The van der Waals surface area contributed by atoms with Gasteiger partial charge >= 0.3 is 0 Å². The van der Waals surface area contributed by atoms with Crippen molar-refractivity contribution in [2.24, 2.45) is 0 Å². The molecule has 3 rings (SSSR count). The highest BCUT2D eigenvalue weighted by atomic mass is 19.1. The lowest BCUT2D eigenvalue weighted by atomic mass is 9.99. The third-order valence-corrected chi connectivity index (χ3v) is 4.76. The predicted molar refractivity (Wildman–Crippen MR) is 106 cm³/mol. The Morgan fingerprint density at radius 1 is 1.17 bits per heavy atom. The van der Waals surface area contributed by atoms with Crippen LogP contribution in [-0.2, 0) is 9.59 Å². The average Bonchev–Trinajstić information content (AvgIpc) is 2.95. The fraction of sp³-hybridized carbons (Fsp3) is 0.286. The van der Waals surface area contributed by atoms with E-state index in [1.165, 1.54) is 35.2 Å². The van der Waals surface area contributed by atoms with E-state index in [2.05, 4.69) is 0 Å². The van der Waals surface area contributed by atoms with Gasteiger partial charge in [0.05, 0.1) is 17.0 Å². The second kappa shape index (κ2) is 7.66. The van der Waals surface area contributed by atoms with Crippen molar-refractivity contribution in [3.8, 4) is 0 Å². The summed E-state index contributed by atoms with van der Waals surface area (Å²) in [5.74, 6) is -2.23. The maximum atomic E-state index is 13.3. The highest BCUT2D eigenvalue weighted by molar-refractivity contribution is 6.23. The van der Waals surface area contributed by atoms with Crippen LogP contribution in [0.4, 0.5) is 15.8 Å². The first-order valence-corrected chi connectivity index (χ1v) is 9.21. The monoisotopic (exact) mass is 413 g/mol. The first-order chi connectivity index (χ1) is 14.0. The summed E-state index contributed by atoms with van der Waals surface area (Å²) in [5.41, 5.74) is -0.858. The predicted octanol–water partition coefficient (Wildman–Crippen LogP) is 3.31. The molecule has 1 unspecified atom stereocenters. The number of hydrogen-bond acceptors (Lipinski definition) is 5. The number of nitrogens with zero attached hydrogens (tertiary/aromatic N) is 3. The molecule has 0 N–H and O–H groups in total. The summed E-state index contributed by atoms with van der Waals surface area (Å²) in [6.07, 6.45) is -0.242. The molecule has 2 aromatic carbocycles. The highest BCUT2D eigenvalue weighted by Crippen LogP contribution is 2.31. The SMILES string of the molecule is CC(C)(C)N(C(=O)c1cccc([N+](=O)[O-])c1)C1CC(=O)N(c2ccc(F)cc2)C1=O. The van der Waals surface area contributed by atoms with Gasteiger partial charge in [0.15, 0.2) is 0 Å². The number of benzene rings is 2. The molecule has 156 valence electrons. The standard InChI is InChI=1S/C21H20FN3O5/c1-21(2,3)24(19(27)13-5-4-6-16(11-13)25(29)30)17-12-18(26)23(20(17)28)15-9-7-14(22)8-10-15/h4-11,17H,12H2,1-3H3. The fourth-order valence-electron chi connectivity index (χ4n) is 3.48. The molecule has 0 aromatic heterocycles. The zero-order valence-corrected chi connectivity index (χ0v) is 16.7. The van der Waals surface area contributed by atoms with Crippen LogP contribution in [0, 0.1) is 15.9 Å².